The summed E-state index contributed by atoms with van der Waals surface area (Å²) < 4.78 is 30.1. The Morgan fingerprint density at radius 1 is 1.05 bits per heavy atom. The molecule has 104 valence electrons. The van der Waals surface area contributed by atoms with E-state index in [2.05, 4.69) is 0 Å². The minimum absolute atomic E-state index is 0.344. The quantitative estimate of drug-likeness (QED) is 0.854. The molecule has 0 spiro atoms. The number of rotatable bonds is 4. The molecule has 0 amide bonds. The van der Waals surface area contributed by atoms with Gasteiger partial charge in [0.05, 0.1) is 13.2 Å². The molecule has 0 unspecified atom stereocenters. The molecular formula is C16H15FO3. The topological polar surface area (TPSA) is 27.7 Å². The normalized spacial score (nSPS) is 15.4. The summed E-state index contributed by atoms with van der Waals surface area (Å²) in [5.41, 5.74) is 1.44. The Bertz CT molecular complexity index is 565. The Hall–Kier alpha value is -1.91. The second kappa shape index (κ2) is 6.03. The molecule has 1 saturated heterocycles. The van der Waals surface area contributed by atoms with Crippen LogP contribution >= 0.6 is 0 Å². The van der Waals surface area contributed by atoms with Crippen LogP contribution in [0.5, 0.6) is 5.75 Å². The summed E-state index contributed by atoms with van der Waals surface area (Å²) in [5.74, 6) is 0.258. The second-order valence-corrected chi connectivity index (χ2v) is 4.53. The van der Waals surface area contributed by atoms with Gasteiger partial charge in [-0.1, -0.05) is 30.3 Å². The SMILES string of the molecule is Fc1ccc(OCc2ccccc2)cc1C1OCCO1. The molecule has 1 heterocycles. The van der Waals surface area contributed by atoms with E-state index in [1.54, 1.807) is 12.1 Å². The average Bonchev–Trinajstić information content (AvgIpc) is 3.01. The largest absolute Gasteiger partial charge is 0.489 e. The van der Waals surface area contributed by atoms with E-state index in [1.165, 1.54) is 6.07 Å². The Labute approximate surface area is 116 Å². The van der Waals surface area contributed by atoms with Gasteiger partial charge >= 0.3 is 0 Å². The van der Waals surface area contributed by atoms with Crippen molar-refractivity contribution in [3.05, 3.63) is 65.5 Å². The van der Waals surface area contributed by atoms with Gasteiger partial charge < -0.3 is 14.2 Å². The van der Waals surface area contributed by atoms with Crippen LogP contribution in [0.4, 0.5) is 4.39 Å². The number of hydrogen-bond donors (Lipinski definition) is 0. The first-order valence-corrected chi connectivity index (χ1v) is 6.52. The van der Waals surface area contributed by atoms with Crippen molar-refractivity contribution in [2.75, 3.05) is 13.2 Å². The predicted octanol–water partition coefficient (Wildman–Crippen LogP) is 3.45. The molecule has 0 saturated carbocycles. The predicted molar refractivity (Wildman–Crippen MR) is 71.8 cm³/mol. The average molecular weight is 274 g/mol. The zero-order chi connectivity index (χ0) is 13.8. The number of ether oxygens (including phenoxy) is 3. The molecule has 4 heteroatoms. The van der Waals surface area contributed by atoms with Crippen LogP contribution in [0, 0.1) is 5.82 Å². The standard InChI is InChI=1S/C16H15FO3/c17-15-7-6-13(10-14(15)16-18-8-9-19-16)20-11-12-4-2-1-3-5-12/h1-7,10,16H,8-9,11H2. The van der Waals surface area contributed by atoms with Gasteiger partial charge in [0.15, 0.2) is 6.29 Å². The van der Waals surface area contributed by atoms with E-state index in [-0.39, 0.29) is 5.82 Å². The van der Waals surface area contributed by atoms with Gasteiger partial charge in [-0.05, 0) is 23.8 Å². The summed E-state index contributed by atoms with van der Waals surface area (Å²) >= 11 is 0. The Kier molecular flexibility index (Phi) is 3.95. The maximum Gasteiger partial charge on any atom is 0.186 e. The van der Waals surface area contributed by atoms with E-state index in [0.717, 1.165) is 5.56 Å². The van der Waals surface area contributed by atoms with Crippen LogP contribution in [0.1, 0.15) is 17.4 Å². The molecular weight excluding hydrogens is 259 g/mol. The molecule has 0 atom stereocenters. The van der Waals surface area contributed by atoms with Crippen molar-refractivity contribution in [2.24, 2.45) is 0 Å². The van der Waals surface area contributed by atoms with Crippen LogP contribution in [0.25, 0.3) is 0 Å². The highest BCUT2D eigenvalue weighted by molar-refractivity contribution is 5.31. The zero-order valence-electron chi connectivity index (χ0n) is 10.9. The fraction of sp³-hybridized carbons (Fsp3) is 0.250. The van der Waals surface area contributed by atoms with Crippen LogP contribution in [0.15, 0.2) is 48.5 Å². The Balaban J connectivity index is 1.72. The van der Waals surface area contributed by atoms with Gasteiger partial charge in [0.25, 0.3) is 0 Å². The minimum Gasteiger partial charge on any atom is -0.489 e. The lowest BCUT2D eigenvalue weighted by Crippen LogP contribution is -2.03. The number of hydrogen-bond acceptors (Lipinski definition) is 3. The number of halogens is 1. The highest BCUT2D eigenvalue weighted by atomic mass is 19.1. The molecule has 0 radical (unpaired) electrons. The van der Waals surface area contributed by atoms with E-state index in [9.17, 15) is 4.39 Å². The van der Waals surface area contributed by atoms with E-state index < -0.39 is 6.29 Å². The lowest BCUT2D eigenvalue weighted by atomic mass is 10.2. The monoisotopic (exact) mass is 274 g/mol. The third kappa shape index (κ3) is 2.98. The van der Waals surface area contributed by atoms with Crippen molar-refractivity contribution in [3.8, 4) is 5.75 Å². The Morgan fingerprint density at radius 3 is 2.55 bits per heavy atom. The van der Waals surface area contributed by atoms with Crippen LogP contribution in [-0.4, -0.2) is 13.2 Å². The van der Waals surface area contributed by atoms with Crippen molar-refractivity contribution in [3.63, 3.8) is 0 Å². The van der Waals surface area contributed by atoms with Gasteiger partial charge in [-0.25, -0.2) is 4.39 Å². The molecule has 2 aromatic rings. The third-order valence-corrected chi connectivity index (χ3v) is 3.09. The highest BCUT2D eigenvalue weighted by Gasteiger charge is 2.22. The fourth-order valence-corrected chi connectivity index (χ4v) is 2.07. The van der Waals surface area contributed by atoms with E-state index in [1.807, 2.05) is 30.3 Å². The van der Waals surface area contributed by atoms with Gasteiger partial charge in [-0.3, -0.25) is 0 Å². The third-order valence-electron chi connectivity index (χ3n) is 3.09. The molecule has 1 fully saturated rings. The smallest absolute Gasteiger partial charge is 0.186 e. The van der Waals surface area contributed by atoms with Gasteiger partial charge in [0.1, 0.15) is 18.2 Å². The summed E-state index contributed by atoms with van der Waals surface area (Å²) in [6.07, 6.45) is -0.629. The van der Waals surface area contributed by atoms with Gasteiger partial charge in [-0.15, -0.1) is 0 Å². The van der Waals surface area contributed by atoms with Crippen molar-refractivity contribution >= 4 is 0 Å². The minimum atomic E-state index is -0.629. The fourth-order valence-electron chi connectivity index (χ4n) is 2.07. The maximum atomic E-state index is 13.8. The molecule has 2 aromatic carbocycles. The first kappa shape index (κ1) is 13.1. The van der Waals surface area contributed by atoms with Crippen LogP contribution in [-0.2, 0) is 16.1 Å². The summed E-state index contributed by atoms with van der Waals surface area (Å²) in [5, 5.41) is 0. The molecule has 3 rings (SSSR count). The zero-order valence-corrected chi connectivity index (χ0v) is 10.9. The van der Waals surface area contributed by atoms with E-state index in [0.29, 0.717) is 31.1 Å². The maximum absolute atomic E-state index is 13.8. The number of benzene rings is 2. The highest BCUT2D eigenvalue weighted by Crippen LogP contribution is 2.29. The van der Waals surface area contributed by atoms with Crippen LogP contribution < -0.4 is 4.74 Å². The molecule has 20 heavy (non-hydrogen) atoms. The Morgan fingerprint density at radius 2 is 1.80 bits per heavy atom. The first-order valence-electron chi connectivity index (χ1n) is 6.52. The second-order valence-electron chi connectivity index (χ2n) is 4.53. The van der Waals surface area contributed by atoms with Gasteiger partial charge in [0, 0.05) is 5.56 Å². The molecule has 3 nitrogen and oxygen atoms in total. The van der Waals surface area contributed by atoms with Crippen molar-refractivity contribution in [1.29, 1.82) is 0 Å². The molecule has 0 aliphatic carbocycles. The molecule has 1 aliphatic heterocycles. The van der Waals surface area contributed by atoms with Crippen LogP contribution in [0.3, 0.4) is 0 Å². The molecule has 0 bridgehead atoms. The molecule has 0 aromatic heterocycles. The lowest BCUT2D eigenvalue weighted by molar-refractivity contribution is -0.0466. The summed E-state index contributed by atoms with van der Waals surface area (Å²) in [6.45, 7) is 1.41. The van der Waals surface area contributed by atoms with Crippen molar-refractivity contribution in [1.82, 2.24) is 0 Å². The van der Waals surface area contributed by atoms with E-state index >= 15 is 0 Å². The van der Waals surface area contributed by atoms with Gasteiger partial charge in [-0.2, -0.15) is 0 Å². The van der Waals surface area contributed by atoms with Crippen molar-refractivity contribution < 1.29 is 18.6 Å². The summed E-state index contributed by atoms with van der Waals surface area (Å²) in [4.78, 5) is 0. The van der Waals surface area contributed by atoms with E-state index in [4.69, 9.17) is 14.2 Å². The summed E-state index contributed by atoms with van der Waals surface area (Å²) in [7, 11) is 0. The van der Waals surface area contributed by atoms with Crippen molar-refractivity contribution in [2.45, 2.75) is 12.9 Å². The lowest BCUT2D eigenvalue weighted by Gasteiger charge is -2.13. The first-order chi connectivity index (χ1) is 9.83. The molecule has 0 N–H and O–H groups in total. The summed E-state index contributed by atoms with van der Waals surface area (Å²) in [6, 6.07) is 14.4. The molecule has 1 aliphatic rings. The van der Waals surface area contributed by atoms with Crippen LogP contribution in [0.2, 0.25) is 0 Å². The van der Waals surface area contributed by atoms with Gasteiger partial charge in [0.2, 0.25) is 0 Å².